The van der Waals surface area contributed by atoms with E-state index in [0.717, 1.165) is 0 Å². The van der Waals surface area contributed by atoms with Crippen molar-refractivity contribution in [1.82, 2.24) is 5.32 Å². The van der Waals surface area contributed by atoms with E-state index in [0.29, 0.717) is 12.7 Å². The average molecular weight is 339 g/mol. The zero-order valence-corrected chi connectivity index (χ0v) is 11.2. The number of amides is 1. The van der Waals surface area contributed by atoms with Gasteiger partial charge < -0.3 is 14.9 Å². The van der Waals surface area contributed by atoms with Crippen LogP contribution in [0.3, 0.4) is 0 Å². The summed E-state index contributed by atoms with van der Waals surface area (Å²) >= 11 is 1.59. The SMILES string of the molecule is CC(=O)CCC(NC(=O)CCC=O)C(=O)I. The predicted molar refractivity (Wildman–Crippen MR) is 66.2 cm³/mol. The summed E-state index contributed by atoms with van der Waals surface area (Å²) in [6.07, 6.45) is 1.43. The molecule has 1 atom stereocenters. The van der Waals surface area contributed by atoms with E-state index in [1.54, 1.807) is 22.6 Å². The number of ketones is 1. The number of hydrogen-bond donors (Lipinski definition) is 1. The molecule has 5 nitrogen and oxygen atoms in total. The predicted octanol–water partition coefficient (Wildman–Crippen LogP) is 0.781. The molecule has 0 aliphatic heterocycles. The Bertz CT molecular complexity index is 291. The zero-order chi connectivity index (χ0) is 12.6. The molecule has 0 saturated heterocycles. The van der Waals surface area contributed by atoms with Gasteiger partial charge in [-0.1, -0.05) is 0 Å². The van der Waals surface area contributed by atoms with Crippen molar-refractivity contribution in [2.75, 3.05) is 0 Å². The molecular formula is C10H14INO4. The van der Waals surface area contributed by atoms with Crippen molar-refractivity contribution >= 4 is 44.4 Å². The molecule has 16 heavy (non-hydrogen) atoms. The van der Waals surface area contributed by atoms with E-state index in [-0.39, 0.29) is 34.7 Å². The average Bonchev–Trinajstić information content (AvgIpc) is 2.20. The topological polar surface area (TPSA) is 80.3 Å². The first-order valence-electron chi connectivity index (χ1n) is 4.89. The molecule has 0 spiro atoms. The molecule has 1 amide bonds. The number of hydrogen-bond acceptors (Lipinski definition) is 4. The highest BCUT2D eigenvalue weighted by Gasteiger charge is 2.18. The second-order valence-electron chi connectivity index (χ2n) is 3.37. The molecule has 1 N–H and O–H groups in total. The highest BCUT2D eigenvalue weighted by Crippen LogP contribution is 2.05. The number of halogens is 1. The first-order chi connectivity index (χ1) is 7.47. The van der Waals surface area contributed by atoms with E-state index < -0.39 is 6.04 Å². The van der Waals surface area contributed by atoms with Crippen LogP contribution in [0.25, 0.3) is 0 Å². The highest BCUT2D eigenvalue weighted by atomic mass is 127. The van der Waals surface area contributed by atoms with Gasteiger partial charge in [0.25, 0.3) is 0 Å². The fourth-order valence-electron chi connectivity index (χ4n) is 1.05. The fourth-order valence-corrected chi connectivity index (χ4v) is 1.51. The first-order valence-corrected chi connectivity index (χ1v) is 5.97. The van der Waals surface area contributed by atoms with Gasteiger partial charge in [0.2, 0.25) is 9.70 Å². The van der Waals surface area contributed by atoms with Crippen LogP contribution in [0.4, 0.5) is 0 Å². The van der Waals surface area contributed by atoms with Crippen LogP contribution in [0.1, 0.15) is 32.6 Å². The van der Waals surface area contributed by atoms with E-state index in [9.17, 15) is 19.2 Å². The van der Waals surface area contributed by atoms with Crippen LogP contribution >= 0.6 is 22.6 Å². The van der Waals surface area contributed by atoms with Crippen LogP contribution in [0, 0.1) is 0 Å². The van der Waals surface area contributed by atoms with Gasteiger partial charge in [-0.15, -0.1) is 0 Å². The molecule has 0 aromatic carbocycles. The van der Waals surface area contributed by atoms with Gasteiger partial charge in [0.05, 0.1) is 6.04 Å². The number of carbonyl (C=O) groups is 4. The van der Waals surface area contributed by atoms with Crippen LogP contribution in [-0.4, -0.2) is 27.8 Å². The highest BCUT2D eigenvalue weighted by molar-refractivity contribution is 14.1. The molecule has 0 rings (SSSR count). The Morgan fingerprint density at radius 2 is 1.94 bits per heavy atom. The largest absolute Gasteiger partial charge is 0.345 e. The number of aldehydes is 1. The monoisotopic (exact) mass is 339 g/mol. The van der Waals surface area contributed by atoms with Crippen LogP contribution in [0.2, 0.25) is 0 Å². The maximum atomic E-state index is 11.3. The summed E-state index contributed by atoms with van der Waals surface area (Å²) in [5.74, 6) is -0.365. The Morgan fingerprint density at radius 3 is 2.38 bits per heavy atom. The third-order valence-corrected chi connectivity index (χ3v) is 2.64. The Hall–Kier alpha value is -0.790. The quantitative estimate of drug-likeness (QED) is 0.403. The molecule has 0 aliphatic rings. The minimum absolute atomic E-state index is 0.0233. The molecule has 0 heterocycles. The lowest BCUT2D eigenvalue weighted by Crippen LogP contribution is -2.38. The molecule has 0 bridgehead atoms. The van der Waals surface area contributed by atoms with E-state index in [1.807, 2.05) is 0 Å². The molecule has 90 valence electrons. The summed E-state index contributed by atoms with van der Waals surface area (Å²) in [6, 6.07) is -0.636. The molecule has 0 aromatic rings. The normalized spacial score (nSPS) is 11.6. The molecule has 1 unspecified atom stereocenters. The summed E-state index contributed by atoms with van der Waals surface area (Å²) < 4.78 is -0.210. The molecule has 0 aromatic heterocycles. The van der Waals surface area contributed by atoms with Gasteiger partial charge in [0.1, 0.15) is 12.1 Å². The molecule has 0 aliphatic carbocycles. The number of Topliss-reactive ketones (excluding diaryl/α,β-unsaturated/α-hetero) is 1. The number of rotatable bonds is 8. The summed E-state index contributed by atoms with van der Waals surface area (Å²) in [7, 11) is 0. The Morgan fingerprint density at radius 1 is 1.31 bits per heavy atom. The lowest BCUT2D eigenvalue weighted by Gasteiger charge is -2.13. The fraction of sp³-hybridized carbons (Fsp3) is 0.600. The number of nitrogens with one attached hydrogen (secondary N) is 1. The van der Waals surface area contributed by atoms with E-state index >= 15 is 0 Å². The minimum Gasteiger partial charge on any atom is -0.345 e. The van der Waals surface area contributed by atoms with Crippen molar-refractivity contribution in [3.8, 4) is 0 Å². The second-order valence-corrected chi connectivity index (χ2v) is 4.43. The summed E-state index contributed by atoms with van der Waals surface area (Å²) in [5.41, 5.74) is 0. The Kier molecular flexibility index (Phi) is 7.96. The summed E-state index contributed by atoms with van der Waals surface area (Å²) in [5, 5.41) is 2.50. The Labute approximate surface area is 107 Å². The lowest BCUT2D eigenvalue weighted by atomic mass is 10.1. The van der Waals surface area contributed by atoms with Gasteiger partial charge in [-0.2, -0.15) is 0 Å². The van der Waals surface area contributed by atoms with Gasteiger partial charge in [0.15, 0.2) is 0 Å². The van der Waals surface area contributed by atoms with Crippen LogP contribution in [-0.2, 0) is 19.2 Å². The molecule has 0 saturated carbocycles. The Balaban J connectivity index is 4.11. The molecule has 0 fully saturated rings. The van der Waals surface area contributed by atoms with E-state index in [1.165, 1.54) is 6.92 Å². The lowest BCUT2D eigenvalue weighted by molar-refractivity contribution is -0.125. The first kappa shape index (κ1) is 15.2. The minimum atomic E-state index is -0.636. The van der Waals surface area contributed by atoms with Gasteiger partial charge in [-0.05, 0) is 13.3 Å². The molecular weight excluding hydrogens is 325 g/mol. The van der Waals surface area contributed by atoms with Crippen molar-refractivity contribution in [3.05, 3.63) is 0 Å². The smallest absolute Gasteiger partial charge is 0.221 e. The summed E-state index contributed by atoms with van der Waals surface area (Å²) in [4.78, 5) is 43.2. The maximum absolute atomic E-state index is 11.3. The van der Waals surface area contributed by atoms with Crippen LogP contribution < -0.4 is 5.32 Å². The van der Waals surface area contributed by atoms with Crippen LogP contribution in [0.15, 0.2) is 0 Å². The third kappa shape index (κ3) is 7.49. The van der Waals surface area contributed by atoms with E-state index in [4.69, 9.17) is 0 Å². The maximum Gasteiger partial charge on any atom is 0.221 e. The third-order valence-electron chi connectivity index (χ3n) is 1.88. The van der Waals surface area contributed by atoms with Crippen molar-refractivity contribution in [3.63, 3.8) is 0 Å². The van der Waals surface area contributed by atoms with Crippen molar-refractivity contribution in [2.45, 2.75) is 38.6 Å². The van der Waals surface area contributed by atoms with Gasteiger partial charge >= 0.3 is 0 Å². The standard InChI is InChI=1S/C10H14INO4/c1-7(14)4-5-8(10(11)16)12-9(15)3-2-6-13/h6,8H,2-5H2,1H3,(H,12,15). The zero-order valence-electron chi connectivity index (χ0n) is 8.99. The molecule has 0 radical (unpaired) electrons. The van der Waals surface area contributed by atoms with Crippen molar-refractivity contribution in [1.29, 1.82) is 0 Å². The van der Waals surface area contributed by atoms with Crippen LogP contribution in [0.5, 0.6) is 0 Å². The van der Waals surface area contributed by atoms with Gasteiger partial charge in [-0.25, -0.2) is 0 Å². The summed E-state index contributed by atoms with van der Waals surface area (Å²) in [6.45, 7) is 1.43. The second kappa shape index (κ2) is 8.37. The van der Waals surface area contributed by atoms with E-state index in [2.05, 4.69) is 5.32 Å². The number of carbonyl (C=O) groups excluding carboxylic acids is 4. The van der Waals surface area contributed by atoms with Crippen molar-refractivity contribution < 1.29 is 19.2 Å². The van der Waals surface area contributed by atoms with Gasteiger partial charge in [-0.3, -0.25) is 9.59 Å². The van der Waals surface area contributed by atoms with Gasteiger partial charge in [0, 0.05) is 41.9 Å². The van der Waals surface area contributed by atoms with Crippen molar-refractivity contribution in [2.24, 2.45) is 0 Å². The molecule has 6 heteroatoms.